The number of ether oxygens (including phenoxy) is 2. The fourth-order valence-corrected chi connectivity index (χ4v) is 2.99. The second-order valence-electron chi connectivity index (χ2n) is 7.16. The number of para-hydroxylation sites is 1. The van der Waals surface area contributed by atoms with Gasteiger partial charge in [0.25, 0.3) is 11.8 Å². The Morgan fingerprint density at radius 3 is 2.06 bits per heavy atom. The third kappa shape index (κ3) is 8.94. The van der Waals surface area contributed by atoms with Crippen molar-refractivity contribution in [1.82, 2.24) is 10.9 Å². The van der Waals surface area contributed by atoms with E-state index in [0.29, 0.717) is 22.7 Å². The summed E-state index contributed by atoms with van der Waals surface area (Å²) in [6.45, 7) is -0.593. The van der Waals surface area contributed by atoms with Crippen molar-refractivity contribution in [2.75, 3.05) is 11.9 Å². The van der Waals surface area contributed by atoms with Gasteiger partial charge in [0.05, 0.1) is 6.42 Å². The molecule has 0 aliphatic rings. The molecule has 0 aliphatic carbocycles. The van der Waals surface area contributed by atoms with Gasteiger partial charge in [0.2, 0.25) is 5.91 Å². The maximum atomic E-state index is 12.1. The summed E-state index contributed by atoms with van der Waals surface area (Å²) in [6.07, 6.45) is -0.331. The zero-order valence-corrected chi connectivity index (χ0v) is 20.0. The van der Waals surface area contributed by atoms with Crippen LogP contribution in [0.2, 0.25) is 0 Å². The Kier molecular flexibility index (Phi) is 9.38. The molecule has 35 heavy (non-hydrogen) atoms. The van der Waals surface area contributed by atoms with E-state index in [1.54, 1.807) is 48.5 Å². The van der Waals surface area contributed by atoms with Crippen molar-refractivity contribution < 1.29 is 28.7 Å². The molecule has 0 aliphatic heterocycles. The van der Waals surface area contributed by atoms with E-state index in [9.17, 15) is 19.2 Å². The first-order valence-electron chi connectivity index (χ1n) is 10.5. The summed E-state index contributed by atoms with van der Waals surface area (Å²) in [4.78, 5) is 47.6. The number of amides is 3. The number of hydrogen-bond donors (Lipinski definition) is 3. The Morgan fingerprint density at radius 2 is 1.37 bits per heavy atom. The molecule has 0 bridgehead atoms. The number of benzene rings is 3. The molecule has 0 aromatic heterocycles. The molecular weight excluding hydrogens is 518 g/mol. The van der Waals surface area contributed by atoms with Crippen LogP contribution in [-0.4, -0.2) is 30.3 Å². The molecule has 0 saturated heterocycles. The summed E-state index contributed by atoms with van der Waals surface area (Å²) in [6, 6.07) is 22.6. The van der Waals surface area contributed by atoms with E-state index in [1.807, 2.05) is 30.3 Å². The molecular formula is C25H22BrN3O6. The smallest absolute Gasteiger partial charge is 0.306 e. The lowest BCUT2D eigenvalue weighted by atomic mass is 10.2. The maximum Gasteiger partial charge on any atom is 0.306 e. The average molecular weight is 540 g/mol. The normalized spacial score (nSPS) is 10.1. The molecule has 0 radical (unpaired) electrons. The van der Waals surface area contributed by atoms with Gasteiger partial charge in [0.1, 0.15) is 11.5 Å². The number of carbonyl (C=O) groups is 4. The summed E-state index contributed by atoms with van der Waals surface area (Å²) in [5.41, 5.74) is 5.26. The molecule has 0 spiro atoms. The minimum Gasteiger partial charge on any atom is -0.457 e. The van der Waals surface area contributed by atoms with Crippen molar-refractivity contribution in [3.63, 3.8) is 0 Å². The van der Waals surface area contributed by atoms with Crippen molar-refractivity contribution in [3.05, 3.63) is 88.9 Å². The first-order chi connectivity index (χ1) is 16.9. The number of nitrogens with one attached hydrogen (secondary N) is 3. The molecule has 3 rings (SSSR count). The quantitative estimate of drug-likeness (QED) is 0.279. The minimum atomic E-state index is -0.721. The summed E-state index contributed by atoms with van der Waals surface area (Å²) in [5.74, 6) is -1.03. The van der Waals surface area contributed by atoms with Gasteiger partial charge in [0.15, 0.2) is 6.61 Å². The summed E-state index contributed by atoms with van der Waals surface area (Å²) < 4.78 is 11.3. The van der Waals surface area contributed by atoms with Gasteiger partial charge in [-0.05, 0) is 60.7 Å². The Balaban J connectivity index is 1.31. The van der Waals surface area contributed by atoms with Crippen LogP contribution < -0.4 is 20.9 Å². The van der Waals surface area contributed by atoms with Crippen LogP contribution in [0.1, 0.15) is 23.2 Å². The summed E-state index contributed by atoms with van der Waals surface area (Å²) in [5, 5.41) is 2.67. The lowest BCUT2D eigenvalue weighted by Gasteiger charge is -2.09. The van der Waals surface area contributed by atoms with E-state index < -0.39 is 24.4 Å². The molecule has 3 aromatic rings. The van der Waals surface area contributed by atoms with Crippen LogP contribution in [0.3, 0.4) is 0 Å². The largest absolute Gasteiger partial charge is 0.457 e. The monoisotopic (exact) mass is 539 g/mol. The third-order valence-corrected chi connectivity index (χ3v) is 4.99. The topological polar surface area (TPSA) is 123 Å². The Labute approximate surface area is 209 Å². The Hall–Kier alpha value is -4.18. The first kappa shape index (κ1) is 25.4. The Morgan fingerprint density at radius 1 is 0.714 bits per heavy atom. The molecule has 3 aromatic carbocycles. The molecule has 180 valence electrons. The molecule has 3 amide bonds. The lowest BCUT2D eigenvalue weighted by Crippen LogP contribution is -2.43. The van der Waals surface area contributed by atoms with E-state index in [4.69, 9.17) is 9.47 Å². The highest BCUT2D eigenvalue weighted by molar-refractivity contribution is 9.10. The molecule has 3 N–H and O–H groups in total. The average Bonchev–Trinajstić information content (AvgIpc) is 2.87. The second-order valence-corrected chi connectivity index (χ2v) is 8.07. The molecule has 0 heterocycles. The number of halogens is 1. The summed E-state index contributed by atoms with van der Waals surface area (Å²) >= 11 is 3.26. The standard InChI is InChI=1S/C25H22BrN3O6/c26-18-8-6-17(7-9-18)25(33)29-28-23(31)16-34-24(32)15-14-22(30)27-19-10-12-21(13-11-19)35-20-4-2-1-3-5-20/h1-13H,14-16H2,(H,27,30)(H,28,31)(H,29,33). The predicted molar refractivity (Wildman–Crippen MR) is 132 cm³/mol. The number of esters is 1. The number of rotatable bonds is 9. The highest BCUT2D eigenvalue weighted by atomic mass is 79.9. The molecule has 10 heteroatoms. The fourth-order valence-electron chi connectivity index (χ4n) is 2.72. The molecule has 0 saturated carbocycles. The third-order valence-electron chi connectivity index (χ3n) is 4.46. The fraction of sp³-hybridized carbons (Fsp3) is 0.120. The van der Waals surface area contributed by atoms with Crippen LogP contribution in [0.5, 0.6) is 11.5 Å². The lowest BCUT2D eigenvalue weighted by molar-refractivity contribution is -0.149. The van der Waals surface area contributed by atoms with Gasteiger partial charge in [-0.2, -0.15) is 0 Å². The van der Waals surface area contributed by atoms with Crippen LogP contribution in [0, 0.1) is 0 Å². The van der Waals surface area contributed by atoms with E-state index >= 15 is 0 Å². The van der Waals surface area contributed by atoms with Crippen LogP contribution in [0.15, 0.2) is 83.3 Å². The number of anilines is 1. The van der Waals surface area contributed by atoms with Gasteiger partial charge in [-0.25, -0.2) is 0 Å². The van der Waals surface area contributed by atoms with Gasteiger partial charge in [-0.15, -0.1) is 0 Å². The highest BCUT2D eigenvalue weighted by Gasteiger charge is 2.12. The number of hydrazine groups is 1. The van der Waals surface area contributed by atoms with Crippen molar-refractivity contribution in [1.29, 1.82) is 0 Å². The minimum absolute atomic E-state index is 0.122. The van der Waals surface area contributed by atoms with Gasteiger partial charge >= 0.3 is 5.97 Å². The van der Waals surface area contributed by atoms with E-state index in [-0.39, 0.29) is 18.7 Å². The highest BCUT2D eigenvalue weighted by Crippen LogP contribution is 2.22. The Bertz CT molecular complexity index is 1170. The van der Waals surface area contributed by atoms with Crippen molar-refractivity contribution in [2.24, 2.45) is 0 Å². The van der Waals surface area contributed by atoms with Gasteiger partial charge < -0.3 is 14.8 Å². The van der Waals surface area contributed by atoms with Crippen LogP contribution in [0.4, 0.5) is 5.69 Å². The molecule has 0 unspecified atom stereocenters. The SMILES string of the molecule is O=C(COC(=O)CCC(=O)Nc1ccc(Oc2ccccc2)cc1)NNC(=O)c1ccc(Br)cc1. The van der Waals surface area contributed by atoms with E-state index in [2.05, 4.69) is 32.1 Å². The van der Waals surface area contributed by atoms with E-state index in [1.165, 1.54) is 0 Å². The van der Waals surface area contributed by atoms with E-state index in [0.717, 1.165) is 4.47 Å². The summed E-state index contributed by atoms with van der Waals surface area (Å²) in [7, 11) is 0. The second kappa shape index (κ2) is 12.9. The van der Waals surface area contributed by atoms with Gasteiger partial charge in [-0.3, -0.25) is 30.0 Å². The van der Waals surface area contributed by atoms with Gasteiger partial charge in [-0.1, -0.05) is 34.1 Å². The molecule has 0 atom stereocenters. The predicted octanol–water partition coefficient (Wildman–Crippen LogP) is 3.96. The maximum absolute atomic E-state index is 12.1. The zero-order valence-electron chi connectivity index (χ0n) is 18.5. The van der Waals surface area contributed by atoms with Crippen LogP contribution in [-0.2, 0) is 19.1 Å². The van der Waals surface area contributed by atoms with Crippen LogP contribution >= 0.6 is 15.9 Å². The first-order valence-corrected chi connectivity index (χ1v) is 11.3. The van der Waals surface area contributed by atoms with Crippen molar-refractivity contribution in [2.45, 2.75) is 12.8 Å². The van der Waals surface area contributed by atoms with Gasteiger partial charge in [0, 0.05) is 22.1 Å². The van der Waals surface area contributed by atoms with Crippen molar-refractivity contribution >= 4 is 45.3 Å². The number of carbonyl (C=O) groups excluding carboxylic acids is 4. The van der Waals surface area contributed by atoms with Crippen molar-refractivity contribution in [3.8, 4) is 11.5 Å². The van der Waals surface area contributed by atoms with Crippen LogP contribution in [0.25, 0.3) is 0 Å². The molecule has 9 nitrogen and oxygen atoms in total. The number of hydrogen-bond acceptors (Lipinski definition) is 6. The zero-order chi connectivity index (χ0) is 25.0. The molecule has 0 fully saturated rings.